The van der Waals surface area contributed by atoms with E-state index in [0.29, 0.717) is 13.2 Å². The molecule has 0 aromatic heterocycles. The monoisotopic (exact) mass is 206 g/mol. The fourth-order valence-electron chi connectivity index (χ4n) is 1.65. The van der Waals surface area contributed by atoms with Gasteiger partial charge in [0.1, 0.15) is 0 Å². The van der Waals surface area contributed by atoms with E-state index in [9.17, 15) is 9.90 Å². The molecule has 0 saturated carbocycles. The Balaban J connectivity index is 2.19. The highest BCUT2D eigenvalue weighted by molar-refractivity contribution is 5.87. The van der Waals surface area contributed by atoms with Crippen LogP contribution in [-0.4, -0.2) is 32.3 Å². The molecular weight excluding hydrogens is 194 g/mol. The molecule has 4 nitrogen and oxygen atoms in total. The second kappa shape index (κ2) is 4.31. The molecule has 0 radical (unpaired) electrons. The number of hydrogen-bond donors (Lipinski definition) is 0. The van der Waals surface area contributed by atoms with Crippen LogP contribution in [0.15, 0.2) is 24.3 Å². The highest BCUT2D eigenvalue weighted by Gasteiger charge is 2.11. The zero-order valence-electron chi connectivity index (χ0n) is 8.31. The lowest BCUT2D eigenvalue weighted by molar-refractivity contribution is -0.255. The number of hydrogen-bond acceptors (Lipinski definition) is 4. The molecule has 1 aromatic rings. The summed E-state index contributed by atoms with van der Waals surface area (Å²) in [6.45, 7) is 2.98. The van der Waals surface area contributed by atoms with Gasteiger partial charge >= 0.3 is 0 Å². The van der Waals surface area contributed by atoms with Crippen molar-refractivity contribution < 1.29 is 14.6 Å². The average Bonchev–Trinajstić information content (AvgIpc) is 2.30. The maximum absolute atomic E-state index is 10.7. The normalized spacial score (nSPS) is 16.4. The number of benzene rings is 1. The van der Waals surface area contributed by atoms with Crippen molar-refractivity contribution in [1.29, 1.82) is 0 Å². The Morgan fingerprint density at radius 3 is 2.73 bits per heavy atom. The summed E-state index contributed by atoms with van der Waals surface area (Å²) >= 11 is 0. The standard InChI is InChI=1S/C11H13NO3/c13-11(14)9-2-1-3-10(8-9)12-4-6-15-7-5-12/h1-3,8H,4-7H2,(H,13,14)/p-1. The van der Waals surface area contributed by atoms with E-state index in [4.69, 9.17) is 4.74 Å². The van der Waals surface area contributed by atoms with Crippen LogP contribution >= 0.6 is 0 Å². The largest absolute Gasteiger partial charge is 0.545 e. The van der Waals surface area contributed by atoms with E-state index in [0.717, 1.165) is 18.8 Å². The van der Waals surface area contributed by atoms with Crippen molar-refractivity contribution in [2.45, 2.75) is 0 Å². The molecule has 0 amide bonds. The summed E-state index contributed by atoms with van der Waals surface area (Å²) in [5.41, 5.74) is 1.14. The first-order valence-corrected chi connectivity index (χ1v) is 4.91. The van der Waals surface area contributed by atoms with Crippen LogP contribution in [0.3, 0.4) is 0 Å². The quantitative estimate of drug-likeness (QED) is 0.677. The van der Waals surface area contributed by atoms with Crippen LogP contribution in [-0.2, 0) is 4.74 Å². The molecule has 1 aliphatic heterocycles. The fraction of sp³-hybridized carbons (Fsp3) is 0.364. The van der Waals surface area contributed by atoms with Gasteiger partial charge < -0.3 is 19.5 Å². The average molecular weight is 206 g/mol. The number of carbonyl (C=O) groups is 1. The lowest BCUT2D eigenvalue weighted by atomic mass is 10.2. The van der Waals surface area contributed by atoms with E-state index >= 15 is 0 Å². The van der Waals surface area contributed by atoms with Crippen LogP contribution in [0.25, 0.3) is 0 Å². The third-order valence-electron chi connectivity index (χ3n) is 2.46. The van der Waals surface area contributed by atoms with Crippen molar-refractivity contribution in [3.05, 3.63) is 29.8 Å². The molecule has 1 fully saturated rings. The second-order valence-corrected chi connectivity index (χ2v) is 3.44. The summed E-state index contributed by atoms with van der Waals surface area (Å²) in [5.74, 6) is -1.13. The first-order valence-electron chi connectivity index (χ1n) is 4.91. The lowest BCUT2D eigenvalue weighted by Crippen LogP contribution is -2.36. The van der Waals surface area contributed by atoms with E-state index in [1.54, 1.807) is 18.2 Å². The lowest BCUT2D eigenvalue weighted by Gasteiger charge is -2.29. The molecule has 4 heteroatoms. The van der Waals surface area contributed by atoms with Crippen molar-refractivity contribution in [3.63, 3.8) is 0 Å². The Morgan fingerprint density at radius 1 is 1.33 bits per heavy atom. The minimum atomic E-state index is -1.13. The summed E-state index contributed by atoms with van der Waals surface area (Å²) in [7, 11) is 0. The Labute approximate surface area is 88.1 Å². The summed E-state index contributed by atoms with van der Waals surface area (Å²) in [4.78, 5) is 12.8. The van der Waals surface area contributed by atoms with Crippen LogP contribution < -0.4 is 10.0 Å². The van der Waals surface area contributed by atoms with Gasteiger partial charge in [0, 0.05) is 18.8 Å². The molecule has 1 aliphatic rings. The second-order valence-electron chi connectivity index (χ2n) is 3.44. The van der Waals surface area contributed by atoms with Gasteiger partial charge in [-0.1, -0.05) is 12.1 Å². The number of morpholine rings is 1. The molecule has 0 atom stereocenters. The predicted molar refractivity (Wildman–Crippen MR) is 53.8 cm³/mol. The van der Waals surface area contributed by atoms with Gasteiger partial charge in [0.25, 0.3) is 0 Å². The molecule has 0 aliphatic carbocycles. The number of carboxylic acid groups (broad SMARTS) is 1. The number of anilines is 1. The predicted octanol–water partition coefficient (Wildman–Crippen LogP) is -0.113. The number of carboxylic acids is 1. The zero-order chi connectivity index (χ0) is 10.7. The Morgan fingerprint density at radius 2 is 2.07 bits per heavy atom. The van der Waals surface area contributed by atoms with Gasteiger partial charge in [-0.05, 0) is 17.7 Å². The maximum Gasteiger partial charge on any atom is 0.0716 e. The van der Waals surface area contributed by atoms with Crippen molar-refractivity contribution >= 4 is 11.7 Å². The molecule has 80 valence electrons. The maximum atomic E-state index is 10.7. The van der Waals surface area contributed by atoms with E-state index < -0.39 is 5.97 Å². The number of rotatable bonds is 2. The van der Waals surface area contributed by atoms with Crippen molar-refractivity contribution in [1.82, 2.24) is 0 Å². The minimum Gasteiger partial charge on any atom is -0.545 e. The first-order chi connectivity index (χ1) is 7.27. The smallest absolute Gasteiger partial charge is 0.0716 e. The molecule has 0 N–H and O–H groups in total. The summed E-state index contributed by atoms with van der Waals surface area (Å²) < 4.78 is 5.23. The van der Waals surface area contributed by atoms with Crippen LogP contribution in [0.5, 0.6) is 0 Å². The third-order valence-corrected chi connectivity index (χ3v) is 2.46. The van der Waals surface area contributed by atoms with Crippen molar-refractivity contribution in [2.24, 2.45) is 0 Å². The van der Waals surface area contributed by atoms with Gasteiger partial charge in [-0.2, -0.15) is 0 Å². The molecule has 1 saturated heterocycles. The molecule has 1 aromatic carbocycles. The van der Waals surface area contributed by atoms with Gasteiger partial charge in [-0.25, -0.2) is 0 Å². The highest BCUT2D eigenvalue weighted by Crippen LogP contribution is 2.16. The first kappa shape index (κ1) is 9.98. The molecule has 0 spiro atoms. The van der Waals surface area contributed by atoms with Gasteiger partial charge in [0.15, 0.2) is 0 Å². The highest BCUT2D eigenvalue weighted by atomic mass is 16.5. The van der Waals surface area contributed by atoms with Crippen molar-refractivity contribution in [3.8, 4) is 0 Å². The van der Waals surface area contributed by atoms with E-state index in [1.807, 2.05) is 6.07 Å². The molecule has 1 heterocycles. The van der Waals surface area contributed by atoms with Crippen molar-refractivity contribution in [2.75, 3.05) is 31.2 Å². The number of carbonyl (C=O) groups excluding carboxylic acids is 1. The fourth-order valence-corrected chi connectivity index (χ4v) is 1.65. The van der Waals surface area contributed by atoms with E-state index in [1.165, 1.54) is 0 Å². The number of ether oxygens (including phenoxy) is 1. The Bertz CT molecular complexity index is 359. The third kappa shape index (κ3) is 2.27. The van der Waals surface area contributed by atoms with E-state index in [2.05, 4.69) is 4.90 Å². The summed E-state index contributed by atoms with van der Waals surface area (Å²) in [6.07, 6.45) is 0. The van der Waals surface area contributed by atoms with Gasteiger partial charge in [0.2, 0.25) is 0 Å². The van der Waals surface area contributed by atoms with Gasteiger partial charge in [-0.15, -0.1) is 0 Å². The SMILES string of the molecule is O=C([O-])c1cccc(N2CCOCC2)c1. The summed E-state index contributed by atoms with van der Waals surface area (Å²) in [5, 5.41) is 10.7. The molecule has 2 rings (SSSR count). The van der Waals surface area contributed by atoms with Crippen LogP contribution in [0, 0.1) is 0 Å². The van der Waals surface area contributed by atoms with Crippen LogP contribution in [0.1, 0.15) is 10.4 Å². The molecule has 15 heavy (non-hydrogen) atoms. The van der Waals surface area contributed by atoms with E-state index in [-0.39, 0.29) is 5.56 Å². The zero-order valence-corrected chi connectivity index (χ0v) is 8.31. The van der Waals surface area contributed by atoms with Gasteiger partial charge in [-0.3, -0.25) is 0 Å². The Kier molecular flexibility index (Phi) is 2.87. The Hall–Kier alpha value is -1.55. The topological polar surface area (TPSA) is 52.6 Å². The minimum absolute atomic E-state index is 0.221. The molecule has 0 bridgehead atoms. The number of aromatic carboxylic acids is 1. The molecular formula is C11H12NO3-. The van der Waals surface area contributed by atoms with Gasteiger partial charge in [0.05, 0.1) is 19.2 Å². The van der Waals surface area contributed by atoms with Crippen LogP contribution in [0.2, 0.25) is 0 Å². The molecule has 0 unspecified atom stereocenters. The number of nitrogens with zero attached hydrogens (tertiary/aromatic N) is 1. The summed E-state index contributed by atoms with van der Waals surface area (Å²) in [6, 6.07) is 6.81. The van der Waals surface area contributed by atoms with Crippen LogP contribution in [0.4, 0.5) is 5.69 Å².